The van der Waals surface area contributed by atoms with Crippen LogP contribution in [0.25, 0.3) is 0 Å². The van der Waals surface area contributed by atoms with E-state index in [-0.39, 0.29) is 25.7 Å². The molecule has 0 spiro atoms. The van der Waals surface area contributed by atoms with Gasteiger partial charge in [-0.05, 0) is 17.7 Å². The lowest BCUT2D eigenvalue weighted by atomic mass is 10.1. The van der Waals surface area contributed by atoms with Crippen LogP contribution in [-0.4, -0.2) is 30.1 Å². The molecule has 0 bridgehead atoms. The van der Waals surface area contributed by atoms with E-state index >= 15 is 0 Å². The molecule has 0 saturated carbocycles. The van der Waals surface area contributed by atoms with Gasteiger partial charge in [0, 0.05) is 0 Å². The van der Waals surface area contributed by atoms with E-state index < -0.39 is 5.91 Å². The van der Waals surface area contributed by atoms with Gasteiger partial charge in [-0.1, -0.05) is 6.07 Å². The van der Waals surface area contributed by atoms with Gasteiger partial charge in [0.15, 0.2) is 6.61 Å². The minimum atomic E-state index is -0.597. The molecular formula is C11H12N2O4. The maximum atomic E-state index is 11.6. The zero-order valence-electron chi connectivity index (χ0n) is 9.05. The zero-order valence-corrected chi connectivity index (χ0v) is 9.05. The number of rotatable bonds is 3. The van der Waals surface area contributed by atoms with Crippen LogP contribution in [0.1, 0.15) is 5.56 Å². The summed E-state index contributed by atoms with van der Waals surface area (Å²) in [6.07, 6.45) is 0. The number of aliphatic hydroxyl groups is 1. The van der Waals surface area contributed by atoms with Crippen LogP contribution in [0, 0.1) is 0 Å². The first-order valence-electron chi connectivity index (χ1n) is 5.07. The van der Waals surface area contributed by atoms with Crippen LogP contribution in [-0.2, 0) is 16.2 Å². The molecule has 1 aliphatic rings. The zero-order chi connectivity index (χ0) is 12.4. The van der Waals surface area contributed by atoms with Gasteiger partial charge in [0.2, 0.25) is 5.91 Å². The highest BCUT2D eigenvalue weighted by molar-refractivity contribution is 6.01. The molecule has 0 fully saturated rings. The van der Waals surface area contributed by atoms with Gasteiger partial charge in [0.1, 0.15) is 12.3 Å². The SMILES string of the molecule is NC(=O)CN1C(=O)COc2ccc(CO)cc21. The Morgan fingerprint density at radius 1 is 1.53 bits per heavy atom. The van der Waals surface area contributed by atoms with Gasteiger partial charge >= 0.3 is 0 Å². The number of amides is 2. The van der Waals surface area contributed by atoms with Gasteiger partial charge in [0.05, 0.1) is 12.3 Å². The highest BCUT2D eigenvalue weighted by atomic mass is 16.5. The van der Waals surface area contributed by atoms with E-state index in [1.807, 2.05) is 0 Å². The largest absolute Gasteiger partial charge is 0.482 e. The highest BCUT2D eigenvalue weighted by Gasteiger charge is 2.26. The Kier molecular flexibility index (Phi) is 2.97. The van der Waals surface area contributed by atoms with Crippen molar-refractivity contribution in [2.45, 2.75) is 6.61 Å². The number of ether oxygens (including phenoxy) is 1. The average molecular weight is 236 g/mol. The van der Waals surface area contributed by atoms with Crippen LogP contribution >= 0.6 is 0 Å². The van der Waals surface area contributed by atoms with Gasteiger partial charge in [-0.25, -0.2) is 0 Å². The maximum Gasteiger partial charge on any atom is 0.265 e. The van der Waals surface area contributed by atoms with E-state index in [1.54, 1.807) is 18.2 Å². The van der Waals surface area contributed by atoms with Crippen molar-refractivity contribution in [3.8, 4) is 5.75 Å². The molecule has 0 unspecified atom stereocenters. The summed E-state index contributed by atoms with van der Waals surface area (Å²) in [5, 5.41) is 9.04. The first-order valence-corrected chi connectivity index (χ1v) is 5.07. The third-order valence-electron chi connectivity index (χ3n) is 2.46. The molecule has 3 N–H and O–H groups in total. The summed E-state index contributed by atoms with van der Waals surface area (Å²) in [5.41, 5.74) is 6.19. The minimum absolute atomic E-state index is 0.112. The van der Waals surface area contributed by atoms with Crippen molar-refractivity contribution >= 4 is 17.5 Å². The molecule has 0 aromatic heterocycles. The number of nitrogens with two attached hydrogens (primary N) is 1. The number of anilines is 1. The molecule has 1 heterocycles. The van der Waals surface area contributed by atoms with Crippen LogP contribution in [0.3, 0.4) is 0 Å². The maximum absolute atomic E-state index is 11.6. The summed E-state index contributed by atoms with van der Waals surface area (Å²) in [5.74, 6) is -0.421. The molecule has 1 aliphatic heterocycles. The van der Waals surface area contributed by atoms with Gasteiger partial charge in [-0.3, -0.25) is 14.5 Å². The fourth-order valence-electron chi connectivity index (χ4n) is 1.68. The lowest BCUT2D eigenvalue weighted by Crippen LogP contribution is -2.43. The molecule has 6 heteroatoms. The summed E-state index contributed by atoms with van der Waals surface area (Å²) < 4.78 is 5.22. The minimum Gasteiger partial charge on any atom is -0.482 e. The van der Waals surface area contributed by atoms with E-state index in [2.05, 4.69) is 0 Å². The average Bonchev–Trinajstić information content (AvgIpc) is 2.32. The molecule has 2 rings (SSSR count). The first kappa shape index (κ1) is 11.4. The Morgan fingerprint density at radius 3 is 2.94 bits per heavy atom. The Morgan fingerprint density at radius 2 is 2.29 bits per heavy atom. The fourth-order valence-corrected chi connectivity index (χ4v) is 1.68. The third-order valence-corrected chi connectivity index (χ3v) is 2.46. The standard InChI is InChI=1S/C11H12N2O4/c12-10(15)4-13-8-3-7(5-14)1-2-9(8)17-6-11(13)16/h1-3,14H,4-6H2,(H2,12,15). The molecule has 6 nitrogen and oxygen atoms in total. The number of carbonyl (C=O) groups is 2. The topological polar surface area (TPSA) is 92.9 Å². The molecule has 1 aromatic carbocycles. The monoisotopic (exact) mass is 236 g/mol. The van der Waals surface area contributed by atoms with E-state index in [0.717, 1.165) is 0 Å². The predicted octanol–water partition coefficient (Wildman–Crippen LogP) is -0.610. The van der Waals surface area contributed by atoms with Gasteiger partial charge < -0.3 is 15.6 Å². The second kappa shape index (κ2) is 4.42. The summed E-state index contributed by atoms with van der Waals surface area (Å²) in [4.78, 5) is 23.8. The summed E-state index contributed by atoms with van der Waals surface area (Å²) in [6.45, 7) is -0.450. The lowest BCUT2D eigenvalue weighted by Gasteiger charge is -2.28. The van der Waals surface area contributed by atoms with E-state index in [0.29, 0.717) is 17.0 Å². The molecular weight excluding hydrogens is 224 g/mol. The summed E-state index contributed by atoms with van der Waals surface area (Å²) >= 11 is 0. The molecule has 90 valence electrons. The highest BCUT2D eigenvalue weighted by Crippen LogP contribution is 2.32. The van der Waals surface area contributed by atoms with Crippen molar-refractivity contribution in [3.05, 3.63) is 23.8 Å². The number of hydrogen-bond donors (Lipinski definition) is 2. The van der Waals surface area contributed by atoms with E-state index in [1.165, 1.54) is 4.90 Å². The van der Waals surface area contributed by atoms with Gasteiger partial charge in [-0.2, -0.15) is 0 Å². The molecule has 0 saturated heterocycles. The van der Waals surface area contributed by atoms with Crippen molar-refractivity contribution < 1.29 is 19.4 Å². The van der Waals surface area contributed by atoms with Crippen LogP contribution in [0.15, 0.2) is 18.2 Å². The first-order chi connectivity index (χ1) is 8.11. The summed E-state index contributed by atoms with van der Waals surface area (Å²) in [7, 11) is 0. The Labute approximate surface area is 97.6 Å². The van der Waals surface area contributed by atoms with Crippen molar-refractivity contribution in [1.29, 1.82) is 0 Å². The second-order valence-electron chi connectivity index (χ2n) is 3.70. The van der Waals surface area contributed by atoms with Gasteiger partial charge in [-0.15, -0.1) is 0 Å². The predicted molar refractivity (Wildman–Crippen MR) is 59.4 cm³/mol. The Hall–Kier alpha value is -2.08. The Bertz CT molecular complexity index is 473. The molecule has 0 radical (unpaired) electrons. The smallest absolute Gasteiger partial charge is 0.265 e. The van der Waals surface area contributed by atoms with Crippen molar-refractivity contribution in [2.75, 3.05) is 18.1 Å². The lowest BCUT2D eigenvalue weighted by molar-refractivity contribution is -0.124. The number of fused-ring (bicyclic) bond motifs is 1. The van der Waals surface area contributed by atoms with Crippen molar-refractivity contribution in [3.63, 3.8) is 0 Å². The van der Waals surface area contributed by atoms with Crippen LogP contribution in [0.4, 0.5) is 5.69 Å². The third kappa shape index (κ3) is 2.21. The van der Waals surface area contributed by atoms with Crippen LogP contribution in [0.2, 0.25) is 0 Å². The number of aliphatic hydroxyl groups excluding tert-OH is 1. The van der Waals surface area contributed by atoms with Crippen molar-refractivity contribution in [1.82, 2.24) is 0 Å². The number of nitrogens with zero attached hydrogens (tertiary/aromatic N) is 1. The Balaban J connectivity index is 2.41. The fraction of sp³-hybridized carbons (Fsp3) is 0.273. The van der Waals surface area contributed by atoms with Crippen LogP contribution in [0.5, 0.6) is 5.75 Å². The van der Waals surface area contributed by atoms with E-state index in [9.17, 15) is 9.59 Å². The van der Waals surface area contributed by atoms with Crippen molar-refractivity contribution in [2.24, 2.45) is 5.73 Å². The molecule has 2 amide bonds. The van der Waals surface area contributed by atoms with Crippen LogP contribution < -0.4 is 15.4 Å². The van der Waals surface area contributed by atoms with E-state index in [4.69, 9.17) is 15.6 Å². The summed E-state index contributed by atoms with van der Waals surface area (Å²) in [6, 6.07) is 4.95. The quantitative estimate of drug-likeness (QED) is 0.732. The second-order valence-corrected chi connectivity index (χ2v) is 3.70. The molecule has 1 aromatic rings. The number of carbonyl (C=O) groups excluding carboxylic acids is 2. The number of primary amides is 1. The molecule has 0 aliphatic carbocycles. The molecule has 0 atom stereocenters. The number of benzene rings is 1. The molecule has 17 heavy (non-hydrogen) atoms. The number of hydrogen-bond acceptors (Lipinski definition) is 4. The van der Waals surface area contributed by atoms with Gasteiger partial charge in [0.25, 0.3) is 5.91 Å². The normalized spacial score (nSPS) is 14.2.